The fraction of sp³-hybridized carbons (Fsp3) is 0.389. The lowest BCUT2D eigenvalue weighted by Crippen LogP contribution is -2.45. The maximum atomic E-state index is 13.5. The first-order valence-corrected chi connectivity index (χ1v) is 9.90. The maximum absolute atomic E-state index is 13.5. The summed E-state index contributed by atoms with van der Waals surface area (Å²) in [6, 6.07) is 3.45. The minimum absolute atomic E-state index is 0.0322. The summed E-state index contributed by atoms with van der Waals surface area (Å²) in [4.78, 5) is 12.5. The van der Waals surface area contributed by atoms with Gasteiger partial charge >= 0.3 is 0 Å². The number of nitrogens with zero attached hydrogens (tertiary/aromatic N) is 1. The molecule has 0 bridgehead atoms. The van der Waals surface area contributed by atoms with E-state index < -0.39 is 32.8 Å². The minimum Gasteiger partial charge on any atom is -0.380 e. The number of aryl methyl sites for hydroxylation is 2. The van der Waals surface area contributed by atoms with Crippen molar-refractivity contribution in [1.29, 1.82) is 0 Å². The lowest BCUT2D eigenvalue weighted by Gasteiger charge is -2.37. The highest BCUT2D eigenvalue weighted by atomic mass is 32.2. The van der Waals surface area contributed by atoms with Crippen molar-refractivity contribution in [2.24, 2.45) is 12.5 Å². The molecule has 1 aliphatic heterocycles. The summed E-state index contributed by atoms with van der Waals surface area (Å²) in [5, 5.41) is 2.46. The molecule has 0 saturated carbocycles. The second-order valence-corrected chi connectivity index (χ2v) is 9.27. The number of nitrogens with one attached hydrogen (secondary N) is 1. The van der Waals surface area contributed by atoms with Crippen LogP contribution in [0.15, 0.2) is 29.3 Å². The van der Waals surface area contributed by atoms with Gasteiger partial charge in [-0.3, -0.25) is 4.79 Å². The maximum Gasteiger partial charge on any atom is 0.272 e. The Hall–Kier alpha value is -2.26. The predicted molar refractivity (Wildman–Crippen MR) is 95.4 cm³/mol. The van der Waals surface area contributed by atoms with Crippen molar-refractivity contribution >= 4 is 21.4 Å². The molecule has 0 atom stereocenters. The van der Waals surface area contributed by atoms with Gasteiger partial charge in [-0.1, -0.05) is 6.92 Å². The minimum atomic E-state index is -3.60. The number of ether oxygens (including phenoxy) is 1. The number of hydrogen-bond acceptors (Lipinski definition) is 4. The molecule has 146 valence electrons. The SMILES string of the molecule is Cc1cc(NC(=O)c2cc(S(=O)(=O)CC3(C)COC3)cn2C)cc(F)c1F. The van der Waals surface area contributed by atoms with Crippen LogP contribution in [0.4, 0.5) is 14.5 Å². The quantitative estimate of drug-likeness (QED) is 0.840. The van der Waals surface area contributed by atoms with E-state index in [1.54, 1.807) is 7.05 Å². The number of hydrogen-bond donors (Lipinski definition) is 1. The number of sulfone groups is 1. The Morgan fingerprint density at radius 2 is 1.96 bits per heavy atom. The molecule has 1 aliphatic rings. The molecule has 1 aromatic carbocycles. The van der Waals surface area contributed by atoms with Crippen molar-refractivity contribution in [3.05, 3.63) is 47.3 Å². The van der Waals surface area contributed by atoms with Crippen LogP contribution in [0.25, 0.3) is 0 Å². The molecule has 1 fully saturated rings. The Labute approximate surface area is 156 Å². The molecule has 0 radical (unpaired) electrons. The van der Waals surface area contributed by atoms with Gasteiger partial charge in [0.1, 0.15) is 5.69 Å². The summed E-state index contributed by atoms with van der Waals surface area (Å²) in [6.45, 7) is 3.96. The van der Waals surface area contributed by atoms with Crippen molar-refractivity contribution < 1.29 is 26.7 Å². The average Bonchev–Trinajstić information content (AvgIpc) is 2.93. The van der Waals surface area contributed by atoms with Gasteiger partial charge < -0.3 is 14.6 Å². The van der Waals surface area contributed by atoms with Gasteiger partial charge in [-0.25, -0.2) is 17.2 Å². The monoisotopic (exact) mass is 398 g/mol. The Morgan fingerprint density at radius 3 is 2.52 bits per heavy atom. The number of aromatic nitrogens is 1. The fourth-order valence-electron chi connectivity index (χ4n) is 3.00. The highest BCUT2D eigenvalue weighted by molar-refractivity contribution is 7.91. The van der Waals surface area contributed by atoms with E-state index >= 15 is 0 Å². The Balaban J connectivity index is 1.82. The van der Waals surface area contributed by atoms with Gasteiger partial charge in [-0.2, -0.15) is 0 Å². The van der Waals surface area contributed by atoms with E-state index in [-0.39, 0.29) is 27.6 Å². The van der Waals surface area contributed by atoms with E-state index in [2.05, 4.69) is 5.32 Å². The molecule has 2 aromatic rings. The molecule has 1 aromatic heterocycles. The third-order valence-corrected chi connectivity index (χ3v) is 6.50. The summed E-state index contributed by atoms with van der Waals surface area (Å²) < 4.78 is 58.6. The molecule has 6 nitrogen and oxygen atoms in total. The summed E-state index contributed by atoms with van der Waals surface area (Å²) >= 11 is 0. The lowest BCUT2D eigenvalue weighted by molar-refractivity contribution is -0.0870. The fourth-order valence-corrected chi connectivity index (χ4v) is 4.86. The Morgan fingerprint density at radius 1 is 1.30 bits per heavy atom. The van der Waals surface area contributed by atoms with E-state index in [1.165, 1.54) is 29.8 Å². The average molecular weight is 398 g/mol. The van der Waals surface area contributed by atoms with Crippen LogP contribution in [0.5, 0.6) is 0 Å². The number of benzene rings is 1. The number of amides is 1. The molecule has 2 heterocycles. The molecule has 0 spiro atoms. The number of rotatable bonds is 5. The highest BCUT2D eigenvalue weighted by Gasteiger charge is 2.39. The van der Waals surface area contributed by atoms with Crippen LogP contribution in [0.2, 0.25) is 0 Å². The molecule has 27 heavy (non-hydrogen) atoms. The first-order chi connectivity index (χ1) is 12.5. The van der Waals surface area contributed by atoms with Crippen LogP contribution < -0.4 is 5.32 Å². The molecular weight excluding hydrogens is 378 g/mol. The van der Waals surface area contributed by atoms with E-state index in [9.17, 15) is 22.0 Å². The van der Waals surface area contributed by atoms with Gasteiger partial charge in [0, 0.05) is 30.4 Å². The number of carbonyl (C=O) groups is 1. The van der Waals surface area contributed by atoms with Crippen molar-refractivity contribution in [3.8, 4) is 0 Å². The zero-order valence-corrected chi connectivity index (χ0v) is 16.0. The van der Waals surface area contributed by atoms with Crippen molar-refractivity contribution in [3.63, 3.8) is 0 Å². The number of anilines is 1. The van der Waals surface area contributed by atoms with Gasteiger partial charge in [0.2, 0.25) is 0 Å². The second kappa shape index (κ2) is 6.72. The van der Waals surface area contributed by atoms with E-state index in [0.29, 0.717) is 13.2 Å². The van der Waals surface area contributed by atoms with Gasteiger partial charge in [0.05, 0.1) is 23.9 Å². The third-order valence-electron chi connectivity index (χ3n) is 4.48. The molecule has 0 unspecified atom stereocenters. The summed E-state index contributed by atoms with van der Waals surface area (Å²) in [5.74, 6) is -2.75. The smallest absolute Gasteiger partial charge is 0.272 e. The summed E-state index contributed by atoms with van der Waals surface area (Å²) in [6.07, 6.45) is 1.36. The van der Waals surface area contributed by atoms with Crippen LogP contribution in [-0.4, -0.2) is 37.9 Å². The number of carbonyl (C=O) groups excluding carboxylic acids is 1. The van der Waals surface area contributed by atoms with Crippen LogP contribution in [0, 0.1) is 24.0 Å². The van der Waals surface area contributed by atoms with Crippen LogP contribution in [-0.2, 0) is 21.6 Å². The second-order valence-electron chi connectivity index (χ2n) is 7.28. The van der Waals surface area contributed by atoms with Crippen LogP contribution in [0.1, 0.15) is 23.0 Å². The molecular formula is C18H20F2N2O4S. The van der Waals surface area contributed by atoms with Crippen LogP contribution >= 0.6 is 0 Å². The standard InChI is InChI=1S/C18H20F2N2O4S/c1-11-4-12(5-14(19)16(11)20)21-17(23)15-6-13(7-22(15)3)27(24,25)10-18(2)8-26-9-18/h4-7H,8-10H2,1-3H3,(H,21,23). The van der Waals surface area contributed by atoms with Crippen molar-refractivity contribution in [2.75, 3.05) is 24.3 Å². The molecule has 1 amide bonds. The lowest BCUT2D eigenvalue weighted by atomic mass is 9.92. The van der Waals surface area contributed by atoms with Crippen LogP contribution in [0.3, 0.4) is 0 Å². The van der Waals surface area contributed by atoms with Gasteiger partial charge in [-0.15, -0.1) is 0 Å². The zero-order chi connectivity index (χ0) is 20.0. The first kappa shape index (κ1) is 19.5. The molecule has 1 N–H and O–H groups in total. The first-order valence-electron chi connectivity index (χ1n) is 8.25. The molecule has 1 saturated heterocycles. The van der Waals surface area contributed by atoms with Gasteiger partial charge in [0.15, 0.2) is 21.5 Å². The Bertz CT molecular complexity index is 987. The topological polar surface area (TPSA) is 77.4 Å². The molecule has 0 aliphatic carbocycles. The molecule has 3 rings (SSSR count). The highest BCUT2D eigenvalue weighted by Crippen LogP contribution is 2.31. The predicted octanol–water partition coefficient (Wildman–Crippen LogP) is 2.67. The largest absolute Gasteiger partial charge is 0.380 e. The summed E-state index contributed by atoms with van der Waals surface area (Å²) in [5.41, 5.74) is -0.205. The van der Waals surface area contributed by atoms with Gasteiger partial charge in [-0.05, 0) is 24.6 Å². The van der Waals surface area contributed by atoms with Crippen molar-refractivity contribution in [2.45, 2.75) is 18.7 Å². The number of halogens is 2. The summed E-state index contributed by atoms with van der Waals surface area (Å²) in [7, 11) is -2.06. The van der Waals surface area contributed by atoms with Crippen molar-refractivity contribution in [1.82, 2.24) is 4.57 Å². The van der Waals surface area contributed by atoms with E-state index in [4.69, 9.17) is 4.74 Å². The zero-order valence-electron chi connectivity index (χ0n) is 15.2. The van der Waals surface area contributed by atoms with Gasteiger partial charge in [0.25, 0.3) is 5.91 Å². The third kappa shape index (κ3) is 3.89. The van der Waals surface area contributed by atoms with E-state index in [0.717, 1.165) is 6.07 Å². The van der Waals surface area contributed by atoms with E-state index in [1.807, 2.05) is 6.92 Å². The Kier molecular flexibility index (Phi) is 4.85. The normalized spacial score (nSPS) is 16.0. The molecule has 9 heteroatoms.